The van der Waals surface area contributed by atoms with Crippen LogP contribution >= 0.6 is 11.6 Å². The molecule has 0 amide bonds. The molecule has 0 aliphatic carbocycles. The smallest absolute Gasteiger partial charge is 0.180 e. The second-order valence-corrected chi connectivity index (χ2v) is 4.65. The van der Waals surface area contributed by atoms with Crippen molar-refractivity contribution in [2.45, 2.75) is 27.2 Å². The highest BCUT2D eigenvalue weighted by Crippen LogP contribution is 2.21. The van der Waals surface area contributed by atoms with E-state index in [9.17, 15) is 0 Å². The Kier molecular flexibility index (Phi) is 4.32. The first kappa shape index (κ1) is 13.7. The largest absolute Gasteiger partial charge is 0.370 e. The lowest BCUT2D eigenvalue weighted by atomic mass is 10.2. The van der Waals surface area contributed by atoms with Crippen LogP contribution in [0.5, 0.6) is 0 Å². The Hall–Kier alpha value is -1.68. The Morgan fingerprint density at radius 2 is 2.00 bits per heavy atom. The van der Waals surface area contributed by atoms with E-state index in [1.807, 2.05) is 19.9 Å². The van der Waals surface area contributed by atoms with Crippen LogP contribution in [0.2, 0.25) is 5.02 Å². The fourth-order valence-corrected chi connectivity index (χ4v) is 1.98. The van der Waals surface area contributed by atoms with E-state index in [0.29, 0.717) is 10.8 Å². The predicted molar refractivity (Wildman–Crippen MR) is 78.6 cm³/mol. The molecule has 2 aromatic heterocycles. The van der Waals surface area contributed by atoms with Gasteiger partial charge in [0, 0.05) is 24.0 Å². The summed E-state index contributed by atoms with van der Waals surface area (Å²) in [6, 6.07) is 3.63. The first-order valence-electron chi connectivity index (χ1n) is 6.39. The zero-order valence-electron chi connectivity index (χ0n) is 11.4. The van der Waals surface area contributed by atoms with Crippen LogP contribution in [-0.4, -0.2) is 21.5 Å². The number of hydrogen-bond donors (Lipinski definition) is 1. The number of aryl methyl sites for hydroxylation is 1. The minimum atomic E-state index is 0.610. The van der Waals surface area contributed by atoms with Gasteiger partial charge in [-0.2, -0.15) is 0 Å². The predicted octanol–water partition coefficient (Wildman–Crippen LogP) is 3.49. The number of anilines is 1. The monoisotopic (exact) mass is 276 g/mol. The lowest BCUT2D eigenvalue weighted by Crippen LogP contribution is -2.07. The molecule has 0 aliphatic heterocycles. The molecule has 0 aliphatic rings. The lowest BCUT2D eigenvalue weighted by Gasteiger charge is -2.12. The van der Waals surface area contributed by atoms with E-state index >= 15 is 0 Å². The summed E-state index contributed by atoms with van der Waals surface area (Å²) in [4.78, 5) is 13.4. The summed E-state index contributed by atoms with van der Waals surface area (Å²) < 4.78 is 0. The van der Waals surface area contributed by atoms with Gasteiger partial charge in [0.1, 0.15) is 11.5 Å². The molecule has 4 nitrogen and oxygen atoms in total. The molecular weight excluding hydrogens is 260 g/mol. The molecule has 0 fully saturated rings. The summed E-state index contributed by atoms with van der Waals surface area (Å²) in [6.07, 6.45) is 2.48. The van der Waals surface area contributed by atoms with Crippen molar-refractivity contribution in [1.82, 2.24) is 15.0 Å². The van der Waals surface area contributed by atoms with Gasteiger partial charge >= 0.3 is 0 Å². The van der Waals surface area contributed by atoms with E-state index in [4.69, 9.17) is 11.6 Å². The SMILES string of the molecule is CCNc1nc(-c2ccc(Cl)cn2)nc(CC)c1C. The van der Waals surface area contributed by atoms with Crippen molar-refractivity contribution in [3.63, 3.8) is 0 Å². The van der Waals surface area contributed by atoms with E-state index in [0.717, 1.165) is 35.7 Å². The summed E-state index contributed by atoms with van der Waals surface area (Å²) in [5, 5.41) is 3.88. The van der Waals surface area contributed by atoms with Crippen molar-refractivity contribution >= 4 is 17.4 Å². The standard InChI is InChI=1S/C14H17ClN4/c1-4-11-9(3)13(16-5-2)19-14(18-11)12-7-6-10(15)8-17-12/h6-8H,4-5H2,1-3H3,(H,16,18,19). The Bertz CT molecular complexity index is 566. The number of nitrogens with zero attached hydrogens (tertiary/aromatic N) is 3. The minimum absolute atomic E-state index is 0.610. The first-order valence-corrected chi connectivity index (χ1v) is 6.76. The molecule has 2 heterocycles. The highest BCUT2D eigenvalue weighted by Gasteiger charge is 2.11. The zero-order chi connectivity index (χ0) is 13.8. The van der Waals surface area contributed by atoms with Crippen molar-refractivity contribution in [3.8, 4) is 11.5 Å². The van der Waals surface area contributed by atoms with Gasteiger partial charge in [-0.1, -0.05) is 18.5 Å². The Labute approximate surface area is 118 Å². The summed E-state index contributed by atoms with van der Waals surface area (Å²) in [7, 11) is 0. The average Bonchev–Trinajstić information content (AvgIpc) is 2.42. The number of hydrogen-bond acceptors (Lipinski definition) is 4. The Morgan fingerprint density at radius 3 is 2.58 bits per heavy atom. The van der Waals surface area contributed by atoms with Gasteiger partial charge < -0.3 is 5.32 Å². The molecule has 0 aromatic carbocycles. The molecule has 100 valence electrons. The van der Waals surface area contributed by atoms with Crippen LogP contribution in [-0.2, 0) is 6.42 Å². The fraction of sp³-hybridized carbons (Fsp3) is 0.357. The van der Waals surface area contributed by atoms with Crippen molar-refractivity contribution < 1.29 is 0 Å². The quantitative estimate of drug-likeness (QED) is 0.929. The summed E-state index contributed by atoms with van der Waals surface area (Å²) in [5.74, 6) is 1.51. The normalized spacial score (nSPS) is 10.5. The molecule has 0 spiro atoms. The van der Waals surface area contributed by atoms with Gasteiger partial charge in [0.05, 0.1) is 5.02 Å². The highest BCUT2D eigenvalue weighted by molar-refractivity contribution is 6.30. The van der Waals surface area contributed by atoms with Crippen molar-refractivity contribution in [1.29, 1.82) is 0 Å². The molecule has 5 heteroatoms. The van der Waals surface area contributed by atoms with Crippen molar-refractivity contribution in [2.75, 3.05) is 11.9 Å². The van der Waals surface area contributed by atoms with E-state index in [1.165, 1.54) is 0 Å². The van der Waals surface area contributed by atoms with Crippen LogP contribution in [0.4, 0.5) is 5.82 Å². The molecule has 19 heavy (non-hydrogen) atoms. The molecule has 0 radical (unpaired) electrons. The van der Waals surface area contributed by atoms with Crippen LogP contribution in [0.15, 0.2) is 18.3 Å². The van der Waals surface area contributed by atoms with Crippen LogP contribution in [0.25, 0.3) is 11.5 Å². The van der Waals surface area contributed by atoms with Crippen LogP contribution < -0.4 is 5.32 Å². The lowest BCUT2D eigenvalue weighted by molar-refractivity contribution is 0.965. The molecule has 2 aromatic rings. The second-order valence-electron chi connectivity index (χ2n) is 4.21. The van der Waals surface area contributed by atoms with Crippen LogP contribution in [0.3, 0.4) is 0 Å². The van der Waals surface area contributed by atoms with Crippen molar-refractivity contribution in [2.24, 2.45) is 0 Å². The average molecular weight is 277 g/mol. The molecule has 0 saturated heterocycles. The third-order valence-corrected chi connectivity index (χ3v) is 3.11. The van der Waals surface area contributed by atoms with Gasteiger partial charge in [0.2, 0.25) is 0 Å². The highest BCUT2D eigenvalue weighted by atomic mass is 35.5. The minimum Gasteiger partial charge on any atom is -0.370 e. The molecule has 1 N–H and O–H groups in total. The maximum absolute atomic E-state index is 5.85. The van der Waals surface area contributed by atoms with Gasteiger partial charge in [-0.25, -0.2) is 9.97 Å². The molecule has 2 rings (SSSR count). The summed E-state index contributed by atoms with van der Waals surface area (Å²) in [6.45, 7) is 7.00. The second kappa shape index (κ2) is 5.97. The van der Waals surface area contributed by atoms with E-state index in [1.54, 1.807) is 12.3 Å². The molecule has 0 unspecified atom stereocenters. The van der Waals surface area contributed by atoms with Crippen LogP contribution in [0, 0.1) is 6.92 Å². The molecule has 0 bridgehead atoms. The van der Waals surface area contributed by atoms with Gasteiger partial charge in [0.25, 0.3) is 0 Å². The molecule has 0 atom stereocenters. The third kappa shape index (κ3) is 3.01. The van der Waals surface area contributed by atoms with E-state index in [-0.39, 0.29) is 0 Å². The molecule has 0 saturated carbocycles. The summed E-state index contributed by atoms with van der Waals surface area (Å²) >= 11 is 5.85. The van der Waals surface area contributed by atoms with Gasteiger partial charge in [-0.05, 0) is 32.4 Å². The fourth-order valence-electron chi connectivity index (χ4n) is 1.87. The maximum atomic E-state index is 5.85. The Balaban J connectivity index is 2.51. The number of rotatable bonds is 4. The van der Waals surface area contributed by atoms with Gasteiger partial charge in [-0.3, -0.25) is 4.98 Å². The van der Waals surface area contributed by atoms with Crippen LogP contribution in [0.1, 0.15) is 25.1 Å². The number of pyridine rings is 1. The maximum Gasteiger partial charge on any atom is 0.180 e. The van der Waals surface area contributed by atoms with Crippen molar-refractivity contribution in [3.05, 3.63) is 34.6 Å². The third-order valence-electron chi connectivity index (χ3n) is 2.88. The topological polar surface area (TPSA) is 50.7 Å². The number of nitrogens with one attached hydrogen (secondary N) is 1. The number of halogens is 1. The van der Waals surface area contributed by atoms with E-state index < -0.39 is 0 Å². The number of aromatic nitrogens is 3. The summed E-state index contributed by atoms with van der Waals surface area (Å²) in [5.41, 5.74) is 2.87. The van der Waals surface area contributed by atoms with E-state index in [2.05, 4.69) is 27.2 Å². The van der Waals surface area contributed by atoms with Gasteiger partial charge in [0.15, 0.2) is 5.82 Å². The molecular formula is C14H17ClN4. The Morgan fingerprint density at radius 1 is 1.21 bits per heavy atom. The van der Waals surface area contributed by atoms with Gasteiger partial charge in [-0.15, -0.1) is 0 Å². The zero-order valence-corrected chi connectivity index (χ0v) is 12.1. The first-order chi connectivity index (χ1) is 9.15.